The van der Waals surface area contributed by atoms with Gasteiger partial charge in [0.05, 0.1) is 50.9 Å². The highest BCUT2D eigenvalue weighted by Gasteiger charge is 2.24. The summed E-state index contributed by atoms with van der Waals surface area (Å²) in [5.41, 5.74) is 5.31. The molecule has 0 N–H and O–H groups in total. The second-order valence-corrected chi connectivity index (χ2v) is 10.3. The first-order valence-corrected chi connectivity index (χ1v) is 13.8. The molecule has 0 amide bonds. The van der Waals surface area contributed by atoms with Gasteiger partial charge in [-0.3, -0.25) is 0 Å². The van der Waals surface area contributed by atoms with Crippen LogP contribution in [0.4, 0.5) is 0 Å². The van der Waals surface area contributed by atoms with Crippen LogP contribution in [0.3, 0.4) is 0 Å². The lowest BCUT2D eigenvalue weighted by Gasteiger charge is -2.16. The molecular weight excluding hydrogens is 582 g/mol. The largest absolute Gasteiger partial charge is 0.493 e. The van der Waals surface area contributed by atoms with E-state index in [2.05, 4.69) is 28.1 Å². The highest BCUT2D eigenvalue weighted by Crippen LogP contribution is 2.45. The van der Waals surface area contributed by atoms with Crippen LogP contribution in [0.25, 0.3) is 38.8 Å². The molecule has 8 heteroatoms. The summed E-state index contributed by atoms with van der Waals surface area (Å²) >= 11 is 3.76. The Morgan fingerprint density at radius 3 is 1.88 bits per heavy atom. The zero-order valence-electron chi connectivity index (χ0n) is 23.1. The topological polar surface area (TPSA) is 67.6 Å². The fourth-order valence-corrected chi connectivity index (χ4v) is 5.69. The molecule has 206 valence electrons. The SMILES string of the molecule is COc1cc(Br)c(-c2nc3c(c(Cc4ccccc4)nn3-c3ccccc3)c3cc(OC)c(OC)cc23)cc1OC. The van der Waals surface area contributed by atoms with Crippen LogP contribution in [-0.4, -0.2) is 43.2 Å². The van der Waals surface area contributed by atoms with Crippen molar-refractivity contribution < 1.29 is 18.9 Å². The van der Waals surface area contributed by atoms with E-state index < -0.39 is 0 Å². The fraction of sp³-hybridized carbons (Fsp3) is 0.152. The van der Waals surface area contributed by atoms with Gasteiger partial charge in [-0.05, 0) is 57.9 Å². The van der Waals surface area contributed by atoms with Gasteiger partial charge in [-0.15, -0.1) is 0 Å². The number of methoxy groups -OCH3 is 4. The van der Waals surface area contributed by atoms with Crippen LogP contribution in [0.15, 0.2) is 89.4 Å². The molecule has 0 unspecified atom stereocenters. The molecule has 0 saturated heterocycles. The van der Waals surface area contributed by atoms with E-state index in [0.29, 0.717) is 29.4 Å². The van der Waals surface area contributed by atoms with E-state index in [0.717, 1.165) is 54.5 Å². The van der Waals surface area contributed by atoms with Crippen LogP contribution in [0, 0.1) is 0 Å². The Kier molecular flexibility index (Phi) is 7.24. The first-order chi connectivity index (χ1) is 20.1. The average Bonchev–Trinajstić information content (AvgIpc) is 3.38. The molecule has 0 aliphatic carbocycles. The van der Waals surface area contributed by atoms with Crippen LogP contribution in [0.5, 0.6) is 23.0 Å². The number of halogens is 1. The third-order valence-electron chi connectivity index (χ3n) is 7.14. The molecule has 0 radical (unpaired) electrons. The van der Waals surface area contributed by atoms with Crippen LogP contribution in [0.1, 0.15) is 11.3 Å². The number of para-hydroxylation sites is 1. The molecule has 0 atom stereocenters. The molecule has 2 heterocycles. The normalized spacial score (nSPS) is 11.1. The summed E-state index contributed by atoms with van der Waals surface area (Å²) in [6.45, 7) is 0. The van der Waals surface area contributed by atoms with E-state index in [1.165, 1.54) is 0 Å². The standard InChI is InChI=1S/C33H28BrN3O4/c1-38-27-16-22-23(17-28(27)39-2)32(24-18-29(40-3)30(41-4)19-25(24)34)35-33-31(22)26(15-20-11-7-5-8-12-20)36-37(33)21-13-9-6-10-14-21/h5-14,16-19H,15H2,1-4H3. The number of rotatable bonds is 8. The van der Waals surface area contributed by atoms with Crippen molar-refractivity contribution in [1.29, 1.82) is 0 Å². The molecule has 41 heavy (non-hydrogen) atoms. The molecule has 0 aliphatic rings. The van der Waals surface area contributed by atoms with Crippen molar-refractivity contribution in [3.63, 3.8) is 0 Å². The van der Waals surface area contributed by atoms with Crippen molar-refractivity contribution in [2.45, 2.75) is 6.42 Å². The van der Waals surface area contributed by atoms with E-state index in [1.807, 2.05) is 77.5 Å². The predicted molar refractivity (Wildman–Crippen MR) is 165 cm³/mol. The maximum atomic E-state index is 5.76. The highest BCUT2D eigenvalue weighted by molar-refractivity contribution is 9.10. The zero-order chi connectivity index (χ0) is 28.5. The Labute approximate surface area is 246 Å². The summed E-state index contributed by atoms with van der Waals surface area (Å²) in [6, 6.07) is 28.2. The van der Waals surface area contributed by atoms with E-state index in [4.69, 9.17) is 29.0 Å². The van der Waals surface area contributed by atoms with E-state index >= 15 is 0 Å². The number of pyridine rings is 1. The lowest BCUT2D eigenvalue weighted by molar-refractivity contribution is 0.355. The lowest BCUT2D eigenvalue weighted by Crippen LogP contribution is -2.00. The minimum Gasteiger partial charge on any atom is -0.493 e. The minimum atomic E-state index is 0.600. The van der Waals surface area contributed by atoms with Crippen LogP contribution in [-0.2, 0) is 6.42 Å². The number of ether oxygens (including phenoxy) is 4. The van der Waals surface area contributed by atoms with Gasteiger partial charge in [0.15, 0.2) is 28.6 Å². The molecule has 6 rings (SSSR count). The number of benzene rings is 4. The molecule has 6 aromatic rings. The number of nitrogens with zero attached hydrogens (tertiary/aromatic N) is 3. The third kappa shape index (κ3) is 4.74. The molecule has 0 fully saturated rings. The maximum Gasteiger partial charge on any atom is 0.164 e. The van der Waals surface area contributed by atoms with Gasteiger partial charge in [-0.1, -0.05) is 48.5 Å². The average molecular weight is 611 g/mol. The van der Waals surface area contributed by atoms with Gasteiger partial charge in [-0.25, -0.2) is 9.67 Å². The van der Waals surface area contributed by atoms with Crippen molar-refractivity contribution in [1.82, 2.24) is 14.8 Å². The van der Waals surface area contributed by atoms with Crippen LogP contribution in [0.2, 0.25) is 0 Å². The van der Waals surface area contributed by atoms with E-state index in [1.54, 1.807) is 28.4 Å². The summed E-state index contributed by atoms with van der Waals surface area (Å²) in [7, 11) is 6.52. The van der Waals surface area contributed by atoms with Crippen LogP contribution >= 0.6 is 15.9 Å². The summed E-state index contributed by atoms with van der Waals surface area (Å²) in [6.07, 6.45) is 0.641. The summed E-state index contributed by atoms with van der Waals surface area (Å²) in [5, 5.41) is 7.95. The third-order valence-corrected chi connectivity index (χ3v) is 7.80. The highest BCUT2D eigenvalue weighted by atomic mass is 79.9. The van der Waals surface area contributed by atoms with Crippen LogP contribution < -0.4 is 18.9 Å². The van der Waals surface area contributed by atoms with Crippen molar-refractivity contribution in [2.24, 2.45) is 0 Å². The monoisotopic (exact) mass is 609 g/mol. The quantitative estimate of drug-likeness (QED) is 0.177. The van der Waals surface area contributed by atoms with Gasteiger partial charge < -0.3 is 18.9 Å². The molecule has 0 bridgehead atoms. The Morgan fingerprint density at radius 2 is 1.24 bits per heavy atom. The van der Waals surface area contributed by atoms with Crippen molar-refractivity contribution >= 4 is 37.7 Å². The Bertz CT molecular complexity index is 1870. The number of hydrogen-bond acceptors (Lipinski definition) is 6. The zero-order valence-corrected chi connectivity index (χ0v) is 24.7. The Hall–Kier alpha value is -4.56. The second kappa shape index (κ2) is 11.1. The fourth-order valence-electron chi connectivity index (χ4n) is 5.18. The molecule has 0 aliphatic heterocycles. The van der Waals surface area contributed by atoms with Gasteiger partial charge in [-0.2, -0.15) is 5.10 Å². The number of hydrogen-bond donors (Lipinski definition) is 0. The Balaban J connectivity index is 1.76. The van der Waals surface area contributed by atoms with Gasteiger partial charge in [0, 0.05) is 27.2 Å². The lowest BCUT2D eigenvalue weighted by atomic mass is 9.98. The molecule has 4 aromatic carbocycles. The van der Waals surface area contributed by atoms with Gasteiger partial charge in [0.25, 0.3) is 0 Å². The summed E-state index contributed by atoms with van der Waals surface area (Å²) in [5.74, 6) is 2.46. The van der Waals surface area contributed by atoms with Crippen molar-refractivity contribution in [3.05, 3.63) is 101 Å². The predicted octanol–water partition coefficient (Wildman–Crippen LogP) is 7.63. The number of aromatic nitrogens is 3. The van der Waals surface area contributed by atoms with Gasteiger partial charge in [0.1, 0.15) is 0 Å². The number of fused-ring (bicyclic) bond motifs is 3. The molecule has 2 aromatic heterocycles. The second-order valence-electron chi connectivity index (χ2n) is 9.46. The summed E-state index contributed by atoms with van der Waals surface area (Å²) < 4.78 is 25.4. The van der Waals surface area contributed by atoms with Crippen molar-refractivity contribution in [2.75, 3.05) is 28.4 Å². The van der Waals surface area contributed by atoms with Gasteiger partial charge in [0.2, 0.25) is 0 Å². The first kappa shape index (κ1) is 26.7. The van der Waals surface area contributed by atoms with Crippen molar-refractivity contribution in [3.8, 4) is 39.9 Å². The molecule has 7 nitrogen and oxygen atoms in total. The van der Waals surface area contributed by atoms with E-state index in [9.17, 15) is 0 Å². The maximum absolute atomic E-state index is 5.76. The smallest absolute Gasteiger partial charge is 0.164 e. The van der Waals surface area contributed by atoms with E-state index in [-0.39, 0.29) is 0 Å². The Morgan fingerprint density at radius 1 is 0.683 bits per heavy atom. The summed E-state index contributed by atoms with van der Waals surface area (Å²) in [4.78, 5) is 5.31. The molecule has 0 saturated carbocycles. The molecular formula is C33H28BrN3O4. The minimum absolute atomic E-state index is 0.600. The molecule has 0 spiro atoms. The van der Waals surface area contributed by atoms with Gasteiger partial charge >= 0.3 is 0 Å². The first-order valence-electron chi connectivity index (χ1n) is 13.0.